The van der Waals surface area contributed by atoms with Gasteiger partial charge >= 0.3 is 0 Å². The molecule has 7 heteroatoms. The quantitative estimate of drug-likeness (QED) is 0.679. The Hall–Kier alpha value is -2.28. The highest BCUT2D eigenvalue weighted by Crippen LogP contribution is 2.36. The van der Waals surface area contributed by atoms with Crippen molar-refractivity contribution >= 4 is 27.1 Å². The third-order valence-corrected chi connectivity index (χ3v) is 3.24. The van der Waals surface area contributed by atoms with Crippen molar-refractivity contribution in [3.63, 3.8) is 0 Å². The topological polar surface area (TPSA) is 50.8 Å². The van der Waals surface area contributed by atoms with Gasteiger partial charge in [-0.05, 0) is 22.0 Å². The van der Waals surface area contributed by atoms with Crippen molar-refractivity contribution in [1.82, 2.24) is 15.0 Å². The summed E-state index contributed by atoms with van der Waals surface area (Å²) in [6.07, 6.45) is 3.12. The van der Waals surface area contributed by atoms with E-state index in [0.717, 1.165) is 6.07 Å². The average molecular weight is 368 g/mol. The van der Waals surface area contributed by atoms with Crippen molar-refractivity contribution in [1.29, 1.82) is 0 Å². The number of benzene rings is 1. The first kappa shape index (κ1) is 16.1. The number of methoxy groups -OCH3 is 1. The molecule has 0 aliphatic carbocycles. The normalized spacial score (nSPS) is 10.2. The lowest BCUT2D eigenvalue weighted by Crippen LogP contribution is -1.94. The second kappa shape index (κ2) is 6.65. The molecule has 0 atom stereocenters. The fraction of sp³-hybridized carbons (Fsp3) is 0.0667. The van der Waals surface area contributed by atoms with E-state index in [1.54, 1.807) is 6.20 Å². The molecule has 3 rings (SSSR count). The van der Waals surface area contributed by atoms with Crippen LogP contribution in [0.1, 0.15) is 0 Å². The highest BCUT2D eigenvalue weighted by molar-refractivity contribution is 9.10. The van der Waals surface area contributed by atoms with E-state index >= 15 is 0 Å². The summed E-state index contributed by atoms with van der Waals surface area (Å²) in [5.41, 5.74) is 1.82. The standard InChI is InChI=1S/C13H8BrF2N3O.C2H4/c1-20-12-7(2-6(15)3-9(12)16)8-4-17-13-11(8)19-10(14)5-18-13;1-2/h2-5H,1H3,(H,17,18);1-2H2. The van der Waals surface area contributed by atoms with Gasteiger partial charge in [-0.15, -0.1) is 13.2 Å². The number of halogens is 3. The molecule has 0 saturated heterocycles. The minimum Gasteiger partial charge on any atom is -0.493 e. The highest BCUT2D eigenvalue weighted by Gasteiger charge is 2.18. The second-order valence-corrected chi connectivity index (χ2v) is 4.87. The number of nitrogens with one attached hydrogen (secondary N) is 1. The molecule has 0 spiro atoms. The van der Waals surface area contributed by atoms with Crippen molar-refractivity contribution in [3.8, 4) is 16.9 Å². The molecule has 0 radical (unpaired) electrons. The molecule has 0 aliphatic rings. The smallest absolute Gasteiger partial charge is 0.168 e. The third kappa shape index (κ3) is 2.85. The summed E-state index contributed by atoms with van der Waals surface area (Å²) in [5.74, 6) is -1.48. The summed E-state index contributed by atoms with van der Waals surface area (Å²) >= 11 is 3.22. The van der Waals surface area contributed by atoms with Gasteiger partial charge in [0.25, 0.3) is 0 Å². The van der Waals surface area contributed by atoms with Crippen LogP contribution in [0.3, 0.4) is 0 Å². The van der Waals surface area contributed by atoms with Crippen molar-refractivity contribution in [2.45, 2.75) is 0 Å². The third-order valence-electron chi connectivity index (χ3n) is 2.85. The molecule has 1 N–H and O–H groups in total. The molecule has 114 valence electrons. The maximum atomic E-state index is 13.8. The van der Waals surface area contributed by atoms with Crippen LogP contribution in [0.25, 0.3) is 22.3 Å². The number of nitrogens with zero attached hydrogens (tertiary/aromatic N) is 2. The van der Waals surface area contributed by atoms with Crippen LogP contribution in [0.15, 0.2) is 42.3 Å². The Morgan fingerprint density at radius 2 is 1.95 bits per heavy atom. The minimum absolute atomic E-state index is 0.0333. The molecule has 0 fully saturated rings. The molecule has 3 aromatic rings. The molecule has 2 heterocycles. The number of aromatic amines is 1. The first-order valence-electron chi connectivity index (χ1n) is 6.13. The van der Waals surface area contributed by atoms with E-state index in [9.17, 15) is 8.78 Å². The number of rotatable bonds is 2. The number of hydrogen-bond donors (Lipinski definition) is 1. The van der Waals surface area contributed by atoms with E-state index in [-0.39, 0.29) is 11.3 Å². The van der Waals surface area contributed by atoms with Gasteiger partial charge in [0.15, 0.2) is 17.2 Å². The number of aromatic nitrogens is 3. The number of H-pyrrole nitrogens is 1. The predicted octanol–water partition coefficient (Wildman–Crippen LogP) is 4.48. The minimum atomic E-state index is -0.764. The Morgan fingerprint density at radius 1 is 1.23 bits per heavy atom. The molecule has 0 aliphatic heterocycles. The molecule has 2 aromatic heterocycles. The zero-order valence-corrected chi connectivity index (χ0v) is 13.2. The van der Waals surface area contributed by atoms with Crippen LogP contribution >= 0.6 is 15.9 Å². The number of ether oxygens (including phenoxy) is 1. The maximum Gasteiger partial charge on any atom is 0.168 e. The summed E-state index contributed by atoms with van der Waals surface area (Å²) in [5, 5.41) is 0. The van der Waals surface area contributed by atoms with Gasteiger partial charge in [0.1, 0.15) is 15.9 Å². The van der Waals surface area contributed by atoms with E-state index in [0.29, 0.717) is 21.3 Å². The monoisotopic (exact) mass is 367 g/mol. The van der Waals surface area contributed by atoms with Crippen molar-refractivity contribution in [3.05, 3.63) is 53.9 Å². The SMILES string of the molecule is C=C.COc1c(F)cc(F)cc1-c1c[nH]c2ncc(Br)nc12. The number of hydrogen-bond acceptors (Lipinski definition) is 3. The second-order valence-electron chi connectivity index (χ2n) is 4.06. The van der Waals surface area contributed by atoms with Crippen LogP contribution in [0, 0.1) is 11.6 Å². The van der Waals surface area contributed by atoms with Gasteiger partial charge in [0, 0.05) is 23.4 Å². The summed E-state index contributed by atoms with van der Waals surface area (Å²) in [6.45, 7) is 6.00. The molecule has 0 amide bonds. The average Bonchev–Trinajstić information content (AvgIpc) is 2.91. The lowest BCUT2D eigenvalue weighted by atomic mass is 10.1. The predicted molar refractivity (Wildman–Crippen MR) is 84.7 cm³/mol. The van der Waals surface area contributed by atoms with Crippen LogP contribution in [0.4, 0.5) is 8.78 Å². The van der Waals surface area contributed by atoms with Crippen LogP contribution in [-0.2, 0) is 0 Å². The zero-order chi connectivity index (χ0) is 16.3. The summed E-state index contributed by atoms with van der Waals surface area (Å²) < 4.78 is 32.8. The van der Waals surface area contributed by atoms with Crippen LogP contribution in [0.5, 0.6) is 5.75 Å². The van der Waals surface area contributed by atoms with Gasteiger partial charge in [-0.2, -0.15) is 0 Å². The van der Waals surface area contributed by atoms with E-state index in [1.165, 1.54) is 19.4 Å². The van der Waals surface area contributed by atoms with Crippen LogP contribution in [0.2, 0.25) is 0 Å². The molecule has 0 saturated carbocycles. The molecule has 22 heavy (non-hydrogen) atoms. The van der Waals surface area contributed by atoms with Crippen molar-refractivity contribution in [2.75, 3.05) is 7.11 Å². The van der Waals surface area contributed by atoms with Crippen LogP contribution in [-0.4, -0.2) is 22.1 Å². The maximum absolute atomic E-state index is 13.8. The van der Waals surface area contributed by atoms with Crippen molar-refractivity contribution in [2.24, 2.45) is 0 Å². The molecule has 0 bridgehead atoms. The molecular weight excluding hydrogens is 356 g/mol. The summed E-state index contributed by atoms with van der Waals surface area (Å²) in [4.78, 5) is 11.3. The van der Waals surface area contributed by atoms with Gasteiger partial charge in [0.05, 0.1) is 13.3 Å². The highest BCUT2D eigenvalue weighted by atomic mass is 79.9. The fourth-order valence-electron chi connectivity index (χ4n) is 2.04. The Morgan fingerprint density at radius 3 is 2.64 bits per heavy atom. The Balaban J connectivity index is 0.000000847. The van der Waals surface area contributed by atoms with E-state index < -0.39 is 11.6 Å². The van der Waals surface area contributed by atoms with Gasteiger partial charge in [-0.1, -0.05) is 0 Å². The van der Waals surface area contributed by atoms with Crippen molar-refractivity contribution < 1.29 is 13.5 Å². The summed E-state index contributed by atoms with van der Waals surface area (Å²) in [6, 6.07) is 1.98. The largest absolute Gasteiger partial charge is 0.493 e. The Kier molecular flexibility index (Phi) is 4.87. The fourth-order valence-corrected chi connectivity index (χ4v) is 2.32. The van der Waals surface area contributed by atoms with E-state index in [1.807, 2.05) is 0 Å². The van der Waals surface area contributed by atoms with E-state index in [4.69, 9.17) is 4.74 Å². The first-order valence-corrected chi connectivity index (χ1v) is 6.92. The molecule has 1 aromatic carbocycles. The van der Waals surface area contributed by atoms with E-state index in [2.05, 4.69) is 44.0 Å². The lowest BCUT2D eigenvalue weighted by Gasteiger charge is -2.08. The number of fused-ring (bicyclic) bond motifs is 1. The molecular formula is C15H12BrF2N3O. The molecule has 0 unspecified atom stereocenters. The van der Waals surface area contributed by atoms with Gasteiger partial charge < -0.3 is 9.72 Å². The zero-order valence-electron chi connectivity index (χ0n) is 11.7. The first-order chi connectivity index (χ1) is 10.6. The summed E-state index contributed by atoms with van der Waals surface area (Å²) in [7, 11) is 1.33. The Bertz CT molecular complexity index is 820. The Labute approximate surface area is 134 Å². The molecule has 4 nitrogen and oxygen atoms in total. The van der Waals surface area contributed by atoms with Gasteiger partial charge in [-0.25, -0.2) is 18.7 Å². The van der Waals surface area contributed by atoms with Gasteiger partial charge in [0.2, 0.25) is 0 Å². The van der Waals surface area contributed by atoms with Gasteiger partial charge in [-0.3, -0.25) is 0 Å². The lowest BCUT2D eigenvalue weighted by molar-refractivity contribution is 0.386. The van der Waals surface area contributed by atoms with Crippen LogP contribution < -0.4 is 4.74 Å².